The van der Waals surface area contributed by atoms with Crippen LogP contribution in [0, 0.1) is 12.7 Å². The quantitative estimate of drug-likeness (QED) is 0.569. The van der Waals surface area contributed by atoms with Crippen LogP contribution in [0.15, 0.2) is 48.5 Å². The number of hydrogen-bond acceptors (Lipinski definition) is 4. The third-order valence-corrected chi connectivity index (χ3v) is 6.54. The number of halogens is 1. The number of anilines is 1. The second kappa shape index (κ2) is 11.3. The first-order valence-electron chi connectivity index (χ1n) is 10.8. The van der Waals surface area contributed by atoms with E-state index in [-0.39, 0.29) is 24.2 Å². The maximum absolute atomic E-state index is 13.4. The van der Waals surface area contributed by atoms with Crippen LogP contribution in [0.5, 0.6) is 0 Å². The molecule has 0 aromatic heterocycles. The van der Waals surface area contributed by atoms with Gasteiger partial charge in [0.05, 0.1) is 11.9 Å². The van der Waals surface area contributed by atoms with Crippen LogP contribution in [0.1, 0.15) is 38.3 Å². The van der Waals surface area contributed by atoms with Crippen LogP contribution in [-0.4, -0.2) is 50.0 Å². The minimum absolute atomic E-state index is 0.0670. The lowest BCUT2D eigenvalue weighted by Gasteiger charge is -2.32. The van der Waals surface area contributed by atoms with Gasteiger partial charge in [-0.2, -0.15) is 0 Å². The van der Waals surface area contributed by atoms with E-state index in [2.05, 4.69) is 5.32 Å². The predicted octanol–water partition coefficient (Wildman–Crippen LogP) is 3.23. The lowest BCUT2D eigenvalue weighted by atomic mass is 10.1. The van der Waals surface area contributed by atoms with Crippen molar-refractivity contribution in [2.75, 3.05) is 17.1 Å². The summed E-state index contributed by atoms with van der Waals surface area (Å²) in [7, 11) is -3.85. The first kappa shape index (κ1) is 26.3. The highest BCUT2D eigenvalue weighted by Gasteiger charge is 2.30. The van der Waals surface area contributed by atoms with Crippen LogP contribution in [0.2, 0.25) is 0 Å². The molecule has 0 radical (unpaired) electrons. The normalized spacial score (nSPS) is 13.2. The molecule has 2 rings (SSSR count). The third kappa shape index (κ3) is 7.56. The van der Waals surface area contributed by atoms with Crippen LogP contribution in [0.4, 0.5) is 10.1 Å². The van der Waals surface area contributed by atoms with Gasteiger partial charge in [0, 0.05) is 12.6 Å². The molecule has 0 fully saturated rings. The SMILES string of the molecule is CC[C@@H](C)NC(=O)[C@@H](C)N(Cc1cccc(C)c1)C(=O)CN(c1ccc(F)cc1)S(C)(=O)=O. The van der Waals surface area contributed by atoms with Gasteiger partial charge in [-0.25, -0.2) is 12.8 Å². The molecule has 2 atom stereocenters. The second-order valence-electron chi connectivity index (χ2n) is 8.25. The van der Waals surface area contributed by atoms with E-state index in [9.17, 15) is 22.4 Å². The minimum Gasteiger partial charge on any atom is -0.352 e. The Morgan fingerprint density at radius 3 is 2.27 bits per heavy atom. The van der Waals surface area contributed by atoms with Gasteiger partial charge in [-0.1, -0.05) is 36.8 Å². The number of benzene rings is 2. The maximum Gasteiger partial charge on any atom is 0.244 e. The Hall–Kier alpha value is -2.94. The van der Waals surface area contributed by atoms with Gasteiger partial charge in [-0.3, -0.25) is 13.9 Å². The Kier molecular flexibility index (Phi) is 8.99. The highest BCUT2D eigenvalue weighted by atomic mass is 32.2. The summed E-state index contributed by atoms with van der Waals surface area (Å²) in [6.07, 6.45) is 1.71. The van der Waals surface area contributed by atoms with Gasteiger partial charge in [0.15, 0.2) is 0 Å². The van der Waals surface area contributed by atoms with E-state index in [4.69, 9.17) is 0 Å². The van der Waals surface area contributed by atoms with E-state index in [0.717, 1.165) is 40.2 Å². The molecule has 2 aromatic carbocycles. The van der Waals surface area contributed by atoms with Crippen molar-refractivity contribution in [1.82, 2.24) is 10.2 Å². The standard InChI is InChI=1S/C24H32FN3O4S/c1-6-18(3)26-24(30)19(4)27(15-20-9-7-8-17(2)14-20)23(29)16-28(33(5,31)32)22-12-10-21(25)11-13-22/h7-14,18-19H,6,15-16H2,1-5H3,(H,26,30)/t18-,19-/m1/s1. The van der Waals surface area contributed by atoms with Gasteiger partial charge in [-0.05, 0) is 57.0 Å². The fraction of sp³-hybridized carbons (Fsp3) is 0.417. The fourth-order valence-corrected chi connectivity index (χ4v) is 4.13. The molecule has 1 N–H and O–H groups in total. The van der Waals surface area contributed by atoms with Crippen molar-refractivity contribution in [1.29, 1.82) is 0 Å². The van der Waals surface area contributed by atoms with Crippen molar-refractivity contribution in [2.45, 2.75) is 52.7 Å². The van der Waals surface area contributed by atoms with E-state index >= 15 is 0 Å². The van der Waals surface area contributed by atoms with Crippen molar-refractivity contribution in [3.05, 3.63) is 65.5 Å². The summed E-state index contributed by atoms with van der Waals surface area (Å²) in [4.78, 5) is 27.6. The molecule has 2 amide bonds. The molecule has 2 aromatic rings. The smallest absolute Gasteiger partial charge is 0.244 e. The zero-order valence-electron chi connectivity index (χ0n) is 19.7. The first-order chi connectivity index (χ1) is 15.4. The van der Waals surface area contributed by atoms with E-state index in [1.165, 1.54) is 17.0 Å². The number of aryl methyl sites for hydroxylation is 1. The monoisotopic (exact) mass is 477 g/mol. The van der Waals surface area contributed by atoms with E-state index < -0.39 is 34.3 Å². The Morgan fingerprint density at radius 1 is 1.09 bits per heavy atom. The summed E-state index contributed by atoms with van der Waals surface area (Å²) < 4.78 is 39.2. The maximum atomic E-state index is 13.4. The molecular formula is C24H32FN3O4S. The van der Waals surface area contributed by atoms with E-state index in [1.54, 1.807) is 6.92 Å². The van der Waals surface area contributed by atoms with E-state index in [1.807, 2.05) is 45.0 Å². The summed E-state index contributed by atoms with van der Waals surface area (Å²) in [5.41, 5.74) is 1.99. The highest BCUT2D eigenvalue weighted by Crippen LogP contribution is 2.19. The molecule has 0 saturated heterocycles. The molecule has 0 aliphatic heterocycles. The van der Waals surface area contributed by atoms with E-state index in [0.29, 0.717) is 0 Å². The summed E-state index contributed by atoms with van der Waals surface area (Å²) in [6, 6.07) is 11.5. The molecule has 0 bridgehead atoms. The zero-order chi connectivity index (χ0) is 24.8. The summed E-state index contributed by atoms with van der Waals surface area (Å²) in [5.74, 6) is -1.38. The molecular weight excluding hydrogens is 445 g/mol. The summed E-state index contributed by atoms with van der Waals surface area (Å²) in [6.45, 7) is 6.98. The van der Waals surface area contributed by atoms with Crippen molar-refractivity contribution in [3.8, 4) is 0 Å². The van der Waals surface area contributed by atoms with Crippen LogP contribution in [0.25, 0.3) is 0 Å². The number of amides is 2. The largest absolute Gasteiger partial charge is 0.352 e. The molecule has 0 aliphatic carbocycles. The van der Waals surface area contributed by atoms with Gasteiger partial charge in [0.1, 0.15) is 18.4 Å². The number of hydrogen-bond donors (Lipinski definition) is 1. The van der Waals surface area contributed by atoms with Gasteiger partial charge in [0.25, 0.3) is 0 Å². The predicted molar refractivity (Wildman–Crippen MR) is 128 cm³/mol. The second-order valence-corrected chi connectivity index (χ2v) is 10.2. The van der Waals surface area contributed by atoms with Crippen LogP contribution in [-0.2, 0) is 26.2 Å². The van der Waals surface area contributed by atoms with Crippen molar-refractivity contribution >= 4 is 27.5 Å². The van der Waals surface area contributed by atoms with Crippen molar-refractivity contribution in [2.24, 2.45) is 0 Å². The van der Waals surface area contributed by atoms with Gasteiger partial charge < -0.3 is 10.2 Å². The Labute approximate surface area is 195 Å². The van der Waals surface area contributed by atoms with Crippen molar-refractivity contribution in [3.63, 3.8) is 0 Å². The molecule has 0 heterocycles. The Bertz CT molecular complexity index is 1070. The zero-order valence-corrected chi connectivity index (χ0v) is 20.5. The average Bonchev–Trinajstić information content (AvgIpc) is 2.75. The Morgan fingerprint density at radius 2 is 1.73 bits per heavy atom. The number of carbonyl (C=O) groups excluding carboxylic acids is 2. The number of nitrogens with one attached hydrogen (secondary N) is 1. The molecule has 0 spiro atoms. The lowest BCUT2D eigenvalue weighted by Crippen LogP contribution is -2.52. The molecule has 9 heteroatoms. The fourth-order valence-electron chi connectivity index (χ4n) is 3.28. The number of nitrogens with zero attached hydrogens (tertiary/aromatic N) is 2. The molecule has 33 heavy (non-hydrogen) atoms. The number of rotatable bonds is 10. The van der Waals surface area contributed by atoms with Gasteiger partial charge >= 0.3 is 0 Å². The highest BCUT2D eigenvalue weighted by molar-refractivity contribution is 7.92. The molecule has 0 aliphatic rings. The topological polar surface area (TPSA) is 86.8 Å². The van der Waals surface area contributed by atoms with Gasteiger partial charge in [0.2, 0.25) is 21.8 Å². The number of sulfonamides is 1. The number of carbonyl (C=O) groups is 2. The van der Waals surface area contributed by atoms with Crippen LogP contribution < -0.4 is 9.62 Å². The summed E-state index contributed by atoms with van der Waals surface area (Å²) in [5, 5.41) is 2.88. The van der Waals surface area contributed by atoms with Crippen LogP contribution in [0.3, 0.4) is 0 Å². The lowest BCUT2D eigenvalue weighted by molar-refractivity contribution is -0.139. The average molecular weight is 478 g/mol. The van der Waals surface area contributed by atoms with Crippen LogP contribution >= 0.6 is 0 Å². The van der Waals surface area contributed by atoms with Crippen molar-refractivity contribution < 1.29 is 22.4 Å². The first-order valence-corrected chi connectivity index (χ1v) is 12.7. The molecule has 180 valence electrons. The molecule has 0 unspecified atom stereocenters. The summed E-state index contributed by atoms with van der Waals surface area (Å²) >= 11 is 0. The molecule has 0 saturated carbocycles. The Balaban J connectivity index is 2.37. The minimum atomic E-state index is -3.85. The van der Waals surface area contributed by atoms with Gasteiger partial charge in [-0.15, -0.1) is 0 Å². The molecule has 7 nitrogen and oxygen atoms in total. The third-order valence-electron chi connectivity index (χ3n) is 5.40.